The highest BCUT2D eigenvalue weighted by Crippen LogP contribution is 2.50. The zero-order valence-electron chi connectivity index (χ0n) is 20.8. The van der Waals surface area contributed by atoms with E-state index in [2.05, 4.69) is 11.4 Å². The Morgan fingerprint density at radius 1 is 1.16 bits per heavy atom. The van der Waals surface area contributed by atoms with Gasteiger partial charge in [-0.1, -0.05) is 41.6 Å². The normalized spacial score (nSPS) is 18.9. The van der Waals surface area contributed by atoms with E-state index in [9.17, 15) is 19.6 Å². The van der Waals surface area contributed by atoms with Gasteiger partial charge in [-0.05, 0) is 43.2 Å². The van der Waals surface area contributed by atoms with Crippen LogP contribution in [0.5, 0.6) is 5.75 Å². The number of benzene rings is 2. The number of carbonyl (C=O) groups excluding carboxylic acids is 3. The Morgan fingerprint density at radius 3 is 2.46 bits per heavy atom. The first kappa shape index (κ1) is 25.9. The van der Waals surface area contributed by atoms with E-state index in [0.29, 0.717) is 22.0 Å². The summed E-state index contributed by atoms with van der Waals surface area (Å²) in [6, 6.07) is 14.7. The molecule has 2 aliphatic rings. The average Bonchev–Trinajstić information content (AvgIpc) is 3.20. The number of methoxy groups -OCH3 is 2. The van der Waals surface area contributed by atoms with Crippen molar-refractivity contribution in [2.45, 2.75) is 31.4 Å². The van der Waals surface area contributed by atoms with Crippen LogP contribution in [0.3, 0.4) is 0 Å². The van der Waals surface area contributed by atoms with Gasteiger partial charge in [0, 0.05) is 5.69 Å². The monoisotopic (exact) mass is 518 g/mol. The molecule has 2 aromatic carbocycles. The highest BCUT2D eigenvalue weighted by atomic mass is 32.2. The fourth-order valence-electron chi connectivity index (χ4n) is 4.42. The van der Waals surface area contributed by atoms with Crippen LogP contribution in [-0.4, -0.2) is 42.2 Å². The van der Waals surface area contributed by atoms with Crippen LogP contribution in [0.15, 0.2) is 64.5 Å². The molecule has 190 valence electrons. The third kappa shape index (κ3) is 4.78. The van der Waals surface area contributed by atoms with Crippen molar-refractivity contribution in [2.24, 2.45) is 5.73 Å². The summed E-state index contributed by atoms with van der Waals surface area (Å²) in [5.41, 5.74) is 9.77. The van der Waals surface area contributed by atoms with Crippen molar-refractivity contribution in [3.8, 4) is 11.8 Å². The lowest BCUT2D eigenvalue weighted by Crippen LogP contribution is -2.39. The quantitative estimate of drug-likeness (QED) is 0.555. The average molecular weight is 519 g/mol. The van der Waals surface area contributed by atoms with Crippen LogP contribution in [0.25, 0.3) is 0 Å². The minimum Gasteiger partial charge on any atom is -0.497 e. The van der Waals surface area contributed by atoms with Crippen LogP contribution >= 0.6 is 11.8 Å². The zero-order chi connectivity index (χ0) is 26.9. The summed E-state index contributed by atoms with van der Waals surface area (Å²) in [4.78, 5) is 40.4. The van der Waals surface area contributed by atoms with Crippen LogP contribution < -0.4 is 15.8 Å². The molecule has 2 amide bonds. The van der Waals surface area contributed by atoms with Gasteiger partial charge in [0.2, 0.25) is 5.91 Å². The fraction of sp³-hybridized carbons (Fsp3) is 0.259. The van der Waals surface area contributed by atoms with E-state index in [0.717, 1.165) is 22.9 Å². The lowest BCUT2D eigenvalue weighted by atomic mass is 9.82. The Balaban J connectivity index is 1.88. The largest absolute Gasteiger partial charge is 0.497 e. The van der Waals surface area contributed by atoms with Crippen molar-refractivity contribution < 1.29 is 23.9 Å². The number of hydrogen-bond donors (Lipinski definition) is 2. The first-order chi connectivity index (χ1) is 17.7. The maximum atomic E-state index is 13.9. The molecule has 1 fully saturated rings. The van der Waals surface area contributed by atoms with Gasteiger partial charge in [0.1, 0.15) is 16.8 Å². The Morgan fingerprint density at radius 2 is 1.86 bits per heavy atom. The molecule has 2 atom stereocenters. The number of anilines is 1. The van der Waals surface area contributed by atoms with Crippen molar-refractivity contribution in [3.05, 3.63) is 81.2 Å². The molecule has 2 aromatic rings. The smallest absolute Gasteiger partial charge is 0.307 e. The molecule has 0 saturated carbocycles. The van der Waals surface area contributed by atoms with E-state index in [4.69, 9.17) is 15.2 Å². The Hall–Kier alpha value is -4.23. The van der Waals surface area contributed by atoms with Gasteiger partial charge >= 0.3 is 5.97 Å². The fourth-order valence-corrected chi connectivity index (χ4v) is 5.74. The van der Waals surface area contributed by atoms with Gasteiger partial charge in [-0.25, -0.2) is 0 Å². The Kier molecular flexibility index (Phi) is 7.27. The lowest BCUT2D eigenvalue weighted by molar-refractivity contribution is -0.142. The second-order valence-electron chi connectivity index (χ2n) is 8.67. The minimum absolute atomic E-state index is 0.0624. The summed E-state index contributed by atoms with van der Waals surface area (Å²) < 4.78 is 10.0. The molecule has 10 heteroatoms. The number of aryl methyl sites for hydroxylation is 2. The van der Waals surface area contributed by atoms with Crippen molar-refractivity contribution in [1.82, 2.24) is 4.90 Å². The van der Waals surface area contributed by atoms with Gasteiger partial charge in [0.05, 0.1) is 48.8 Å². The summed E-state index contributed by atoms with van der Waals surface area (Å²) in [7, 11) is 2.78. The molecule has 3 N–H and O–H groups in total. The van der Waals surface area contributed by atoms with Gasteiger partial charge in [0.15, 0.2) is 0 Å². The molecule has 0 spiro atoms. The summed E-state index contributed by atoms with van der Waals surface area (Å²) in [6.45, 7) is 3.84. The molecule has 37 heavy (non-hydrogen) atoms. The number of nitrogens with zero attached hydrogens (tertiary/aromatic N) is 2. The third-order valence-electron chi connectivity index (χ3n) is 6.30. The van der Waals surface area contributed by atoms with Crippen molar-refractivity contribution in [1.29, 1.82) is 5.26 Å². The number of hydrogen-bond acceptors (Lipinski definition) is 8. The number of allylic oxidation sites excluding steroid dienone is 1. The van der Waals surface area contributed by atoms with Gasteiger partial charge in [-0.2, -0.15) is 5.26 Å². The standard InChI is InChI=1S/C27H26N4O5S/c1-14-5-10-19(15(2)11-14)30-25(33)23-22(16-6-8-17(35-3)9-7-16)18(13-28)24(29)31-26(34)20(37-27(23)31)12-21(32)36-4/h5-11,20,22H,12,29H2,1-4H3,(H,30,33)/t20-,22+/m1/s1. The number of nitriles is 1. The summed E-state index contributed by atoms with van der Waals surface area (Å²) in [5.74, 6) is -1.83. The number of ether oxygens (including phenoxy) is 2. The maximum absolute atomic E-state index is 13.9. The van der Waals surface area contributed by atoms with Crippen LogP contribution in [0.4, 0.5) is 5.69 Å². The van der Waals surface area contributed by atoms with Crippen molar-refractivity contribution >= 4 is 35.2 Å². The summed E-state index contributed by atoms with van der Waals surface area (Å²) >= 11 is 1.07. The second kappa shape index (κ2) is 10.4. The molecule has 0 radical (unpaired) electrons. The van der Waals surface area contributed by atoms with Crippen molar-refractivity contribution in [3.63, 3.8) is 0 Å². The van der Waals surface area contributed by atoms with Gasteiger partial charge in [-0.15, -0.1) is 0 Å². The van der Waals surface area contributed by atoms with Crippen LogP contribution in [0, 0.1) is 25.2 Å². The number of fused-ring (bicyclic) bond motifs is 1. The number of thioether (sulfide) groups is 1. The van der Waals surface area contributed by atoms with Crippen LogP contribution in [0.1, 0.15) is 29.0 Å². The number of amides is 2. The van der Waals surface area contributed by atoms with Crippen LogP contribution in [0.2, 0.25) is 0 Å². The molecule has 2 heterocycles. The van der Waals surface area contributed by atoms with Crippen molar-refractivity contribution in [2.75, 3.05) is 19.5 Å². The lowest BCUT2D eigenvalue weighted by Gasteiger charge is -2.32. The first-order valence-electron chi connectivity index (χ1n) is 11.4. The summed E-state index contributed by atoms with van der Waals surface area (Å²) in [6.07, 6.45) is -0.200. The molecule has 0 aromatic heterocycles. The number of nitrogens with two attached hydrogens (primary N) is 1. The van der Waals surface area contributed by atoms with E-state index in [1.807, 2.05) is 26.0 Å². The molecule has 4 rings (SSSR count). The molecule has 9 nitrogen and oxygen atoms in total. The Bertz CT molecular complexity index is 1390. The SMILES string of the molecule is COC(=O)C[C@H]1SC2=C(C(=O)Nc3ccc(C)cc3C)[C@@H](c3ccc(OC)cc3)C(C#N)=C(N)N2C1=O. The van der Waals surface area contributed by atoms with Gasteiger partial charge in [0.25, 0.3) is 5.91 Å². The molecular weight excluding hydrogens is 492 g/mol. The van der Waals surface area contributed by atoms with E-state index in [1.165, 1.54) is 12.0 Å². The van der Waals surface area contributed by atoms with E-state index >= 15 is 0 Å². The predicted molar refractivity (Wildman–Crippen MR) is 139 cm³/mol. The molecule has 2 aliphatic heterocycles. The van der Waals surface area contributed by atoms with Gasteiger partial charge in [-0.3, -0.25) is 19.3 Å². The number of rotatable bonds is 6. The molecule has 1 saturated heterocycles. The van der Waals surface area contributed by atoms with Gasteiger partial charge < -0.3 is 20.5 Å². The van der Waals surface area contributed by atoms with E-state index in [-0.39, 0.29) is 23.4 Å². The zero-order valence-corrected chi connectivity index (χ0v) is 21.6. The van der Waals surface area contributed by atoms with E-state index in [1.54, 1.807) is 37.4 Å². The molecule has 0 unspecified atom stereocenters. The minimum atomic E-state index is -0.848. The van der Waals surface area contributed by atoms with E-state index < -0.39 is 29.0 Å². The summed E-state index contributed by atoms with van der Waals surface area (Å²) in [5, 5.41) is 12.5. The number of nitrogens with one attached hydrogen (secondary N) is 1. The molecule has 0 aliphatic carbocycles. The highest BCUT2D eigenvalue weighted by Gasteiger charge is 2.48. The highest BCUT2D eigenvalue weighted by molar-refractivity contribution is 8.04. The molecule has 0 bridgehead atoms. The molecular formula is C27H26N4O5S. The third-order valence-corrected chi connectivity index (χ3v) is 7.58. The first-order valence-corrected chi connectivity index (χ1v) is 12.3. The Labute approximate surface area is 218 Å². The second-order valence-corrected chi connectivity index (χ2v) is 9.86. The van der Waals surface area contributed by atoms with Crippen LogP contribution in [-0.2, 0) is 19.1 Å². The maximum Gasteiger partial charge on any atom is 0.307 e. The number of carbonyl (C=O) groups is 3. The topological polar surface area (TPSA) is 135 Å². The number of esters is 1. The predicted octanol–water partition coefficient (Wildman–Crippen LogP) is 3.46.